The third kappa shape index (κ3) is 5.78. The van der Waals surface area contributed by atoms with Crippen molar-refractivity contribution in [1.29, 1.82) is 0 Å². The Kier molecular flexibility index (Phi) is 8.40. The summed E-state index contributed by atoms with van der Waals surface area (Å²) in [7, 11) is 1.50. The van der Waals surface area contributed by atoms with E-state index in [1.807, 2.05) is 11.4 Å². The van der Waals surface area contributed by atoms with Gasteiger partial charge in [-0.3, -0.25) is 9.59 Å². The number of benzene rings is 2. The van der Waals surface area contributed by atoms with Crippen LogP contribution in [-0.4, -0.2) is 42.0 Å². The molecular formula is C28H26FNO5S. The number of ether oxygens (including phenoxy) is 2. The summed E-state index contributed by atoms with van der Waals surface area (Å²) in [5.74, 6) is 0.234. The smallest absolute Gasteiger partial charge is 0.181 e. The molecule has 2 heterocycles. The lowest BCUT2D eigenvalue weighted by atomic mass is 10.0. The van der Waals surface area contributed by atoms with E-state index in [2.05, 4.69) is 4.98 Å². The quantitative estimate of drug-likeness (QED) is 0.184. The zero-order valence-electron chi connectivity index (χ0n) is 19.8. The van der Waals surface area contributed by atoms with Gasteiger partial charge in [0.15, 0.2) is 23.1 Å². The van der Waals surface area contributed by atoms with E-state index in [9.17, 15) is 14.0 Å². The Morgan fingerprint density at radius 2 is 1.81 bits per heavy atom. The molecule has 2 aromatic heterocycles. The molecule has 0 saturated carbocycles. The number of carbonyl (C=O) groups excluding carboxylic acids is 2. The number of Topliss-reactive ketones (excluding diaryl/α,β-unsaturated/α-hetero) is 2. The van der Waals surface area contributed by atoms with Crippen LogP contribution in [0.5, 0.6) is 11.5 Å². The lowest BCUT2D eigenvalue weighted by Gasteiger charge is -2.12. The standard InChI is InChI=1S/C28H26FNO5S/c1-34-27-16-18(10-13-26(27)35-15-3-2-14-31)24(32)11-12-25(33)23-9-5-8-22(30-23)20-17-36-28-19(20)6-4-7-21(28)29/h4-10,13,16-17,31H,2-3,11-12,14-15H2,1H3. The van der Waals surface area contributed by atoms with Crippen molar-refractivity contribution in [2.45, 2.75) is 25.7 Å². The minimum Gasteiger partial charge on any atom is -0.493 e. The Morgan fingerprint density at radius 1 is 1.00 bits per heavy atom. The van der Waals surface area contributed by atoms with Crippen LogP contribution in [0.2, 0.25) is 0 Å². The molecule has 8 heteroatoms. The lowest BCUT2D eigenvalue weighted by molar-refractivity contribution is 0.0915. The number of unbranched alkanes of at least 4 members (excludes halogenated alkanes) is 1. The number of hydrogen-bond acceptors (Lipinski definition) is 7. The number of aromatic nitrogens is 1. The molecule has 36 heavy (non-hydrogen) atoms. The average Bonchev–Trinajstić information content (AvgIpc) is 3.35. The number of carbonyl (C=O) groups is 2. The number of halogens is 1. The highest BCUT2D eigenvalue weighted by Gasteiger charge is 2.16. The molecule has 0 amide bonds. The van der Waals surface area contributed by atoms with Crippen LogP contribution in [0.3, 0.4) is 0 Å². The Labute approximate surface area is 212 Å². The first kappa shape index (κ1) is 25.5. The van der Waals surface area contributed by atoms with Gasteiger partial charge in [-0.15, -0.1) is 11.3 Å². The van der Waals surface area contributed by atoms with Crippen molar-refractivity contribution < 1.29 is 28.6 Å². The second kappa shape index (κ2) is 11.9. The summed E-state index contributed by atoms with van der Waals surface area (Å²) < 4.78 is 25.6. The number of rotatable bonds is 12. The number of aliphatic hydroxyl groups is 1. The highest BCUT2D eigenvalue weighted by atomic mass is 32.1. The van der Waals surface area contributed by atoms with Gasteiger partial charge < -0.3 is 14.6 Å². The van der Waals surface area contributed by atoms with Crippen molar-refractivity contribution in [1.82, 2.24) is 4.98 Å². The summed E-state index contributed by atoms with van der Waals surface area (Å²) >= 11 is 1.30. The van der Waals surface area contributed by atoms with Crippen LogP contribution >= 0.6 is 11.3 Å². The number of aliphatic hydroxyl groups excluding tert-OH is 1. The van der Waals surface area contributed by atoms with Crippen LogP contribution in [0, 0.1) is 5.82 Å². The van der Waals surface area contributed by atoms with E-state index in [4.69, 9.17) is 14.6 Å². The number of methoxy groups -OCH3 is 1. The zero-order chi connectivity index (χ0) is 25.5. The molecule has 0 atom stereocenters. The fourth-order valence-corrected chi connectivity index (χ4v) is 4.79. The molecule has 6 nitrogen and oxygen atoms in total. The highest BCUT2D eigenvalue weighted by Crippen LogP contribution is 2.34. The van der Waals surface area contributed by atoms with Gasteiger partial charge in [-0.2, -0.15) is 0 Å². The van der Waals surface area contributed by atoms with Gasteiger partial charge in [0.1, 0.15) is 11.5 Å². The molecule has 4 aromatic rings. The normalized spacial score (nSPS) is 11.0. The summed E-state index contributed by atoms with van der Waals surface area (Å²) in [4.78, 5) is 30.1. The van der Waals surface area contributed by atoms with Crippen LogP contribution in [0.25, 0.3) is 21.3 Å². The van der Waals surface area contributed by atoms with E-state index in [0.717, 1.165) is 10.9 Å². The van der Waals surface area contributed by atoms with Gasteiger partial charge in [0.2, 0.25) is 0 Å². The van der Waals surface area contributed by atoms with Crippen molar-refractivity contribution >= 4 is 33.0 Å². The number of fused-ring (bicyclic) bond motifs is 1. The molecule has 1 N–H and O–H groups in total. The molecule has 0 saturated heterocycles. The van der Waals surface area contributed by atoms with Gasteiger partial charge in [-0.25, -0.2) is 9.37 Å². The van der Waals surface area contributed by atoms with Crippen LogP contribution < -0.4 is 9.47 Å². The summed E-state index contributed by atoms with van der Waals surface area (Å²) in [6.45, 7) is 0.540. The monoisotopic (exact) mass is 507 g/mol. The largest absolute Gasteiger partial charge is 0.493 e. The number of ketones is 2. The van der Waals surface area contributed by atoms with Crippen LogP contribution in [0.1, 0.15) is 46.5 Å². The Morgan fingerprint density at radius 3 is 2.61 bits per heavy atom. The average molecular weight is 508 g/mol. The van der Waals surface area contributed by atoms with E-state index < -0.39 is 0 Å². The molecule has 0 bridgehead atoms. The van der Waals surface area contributed by atoms with Gasteiger partial charge in [-0.1, -0.05) is 18.2 Å². The van der Waals surface area contributed by atoms with E-state index in [1.54, 1.807) is 42.5 Å². The first-order valence-electron chi connectivity index (χ1n) is 11.6. The zero-order valence-corrected chi connectivity index (χ0v) is 20.6. The van der Waals surface area contributed by atoms with Crippen molar-refractivity contribution in [2.75, 3.05) is 20.3 Å². The molecule has 186 valence electrons. The first-order chi connectivity index (χ1) is 17.5. The predicted octanol–water partition coefficient (Wildman–Crippen LogP) is 6.11. The number of pyridine rings is 1. The summed E-state index contributed by atoms with van der Waals surface area (Å²) in [6, 6.07) is 15.0. The van der Waals surface area contributed by atoms with E-state index in [1.165, 1.54) is 24.5 Å². The van der Waals surface area contributed by atoms with Gasteiger partial charge >= 0.3 is 0 Å². The SMILES string of the molecule is COc1cc(C(=O)CCC(=O)c2cccc(-c3csc4c(F)cccc34)n2)ccc1OCCCCO. The summed E-state index contributed by atoms with van der Waals surface area (Å²) in [5.41, 5.74) is 2.05. The molecule has 2 aromatic carbocycles. The Bertz CT molecular complexity index is 1380. The lowest BCUT2D eigenvalue weighted by Crippen LogP contribution is -2.08. The van der Waals surface area contributed by atoms with Gasteiger partial charge in [0.25, 0.3) is 0 Å². The number of thiophene rings is 1. The van der Waals surface area contributed by atoms with Crippen molar-refractivity contribution in [2.24, 2.45) is 0 Å². The molecule has 0 spiro atoms. The molecule has 0 aliphatic rings. The van der Waals surface area contributed by atoms with E-state index >= 15 is 0 Å². The van der Waals surface area contributed by atoms with E-state index in [-0.39, 0.29) is 42.5 Å². The van der Waals surface area contributed by atoms with Gasteiger partial charge in [-0.05, 0) is 49.2 Å². The van der Waals surface area contributed by atoms with E-state index in [0.29, 0.717) is 46.9 Å². The van der Waals surface area contributed by atoms with Crippen molar-refractivity contribution in [3.63, 3.8) is 0 Å². The second-order valence-electron chi connectivity index (χ2n) is 8.17. The predicted molar refractivity (Wildman–Crippen MR) is 138 cm³/mol. The van der Waals surface area contributed by atoms with Gasteiger partial charge in [0.05, 0.1) is 24.1 Å². The van der Waals surface area contributed by atoms with Crippen LogP contribution in [-0.2, 0) is 0 Å². The number of hydrogen-bond donors (Lipinski definition) is 1. The maximum Gasteiger partial charge on any atom is 0.181 e. The van der Waals surface area contributed by atoms with Gasteiger partial charge in [0, 0.05) is 41.3 Å². The highest BCUT2D eigenvalue weighted by molar-refractivity contribution is 7.17. The third-order valence-corrected chi connectivity index (χ3v) is 6.74. The van der Waals surface area contributed by atoms with Crippen LogP contribution in [0.15, 0.2) is 60.0 Å². The minimum absolute atomic E-state index is 0.00995. The Hall–Kier alpha value is -3.62. The summed E-state index contributed by atoms with van der Waals surface area (Å²) in [6.07, 6.45) is 1.39. The third-order valence-electron chi connectivity index (χ3n) is 5.74. The molecule has 0 aliphatic carbocycles. The molecule has 4 rings (SSSR count). The molecular weight excluding hydrogens is 481 g/mol. The summed E-state index contributed by atoms with van der Waals surface area (Å²) in [5, 5.41) is 11.5. The fourth-order valence-electron chi connectivity index (χ4n) is 3.82. The maximum atomic E-state index is 14.1. The Balaban J connectivity index is 1.42. The first-order valence-corrected chi connectivity index (χ1v) is 12.5. The molecule has 0 unspecified atom stereocenters. The molecule has 0 fully saturated rings. The molecule has 0 radical (unpaired) electrons. The topological polar surface area (TPSA) is 85.7 Å². The fraction of sp³-hybridized carbons (Fsp3) is 0.250. The minimum atomic E-state index is -0.285. The molecule has 0 aliphatic heterocycles. The second-order valence-corrected chi connectivity index (χ2v) is 9.04. The van der Waals surface area contributed by atoms with Crippen molar-refractivity contribution in [3.05, 3.63) is 77.1 Å². The maximum absolute atomic E-state index is 14.1. The number of nitrogens with zero attached hydrogens (tertiary/aromatic N) is 1. The van der Waals surface area contributed by atoms with Crippen LogP contribution in [0.4, 0.5) is 4.39 Å². The van der Waals surface area contributed by atoms with Crippen molar-refractivity contribution in [3.8, 4) is 22.8 Å².